The number of nitrogen functional groups attached to an aromatic ring is 1. The summed E-state index contributed by atoms with van der Waals surface area (Å²) in [6, 6.07) is 13.4. The number of benzene rings is 2. The fourth-order valence-corrected chi connectivity index (χ4v) is 4.65. The molecule has 1 saturated carbocycles. The molecule has 0 spiro atoms. The Hall–Kier alpha value is -3.81. The molecule has 0 unspecified atom stereocenters. The average Bonchev–Trinajstić information content (AvgIpc) is 3.42. The number of hydrogen-bond donors (Lipinski definition) is 2. The SMILES string of the molecule is Nc1c(C(=O)NC2CCCC2)c2nc3ccccc3nc2n1-c1ccc2c(c1)OCCO2. The highest BCUT2D eigenvalue weighted by Gasteiger charge is 2.27. The van der Waals surface area contributed by atoms with E-state index in [1.165, 1.54) is 0 Å². The molecule has 6 rings (SSSR count). The Morgan fingerprint density at radius 1 is 1.00 bits per heavy atom. The number of fused-ring (bicyclic) bond motifs is 3. The predicted octanol–water partition coefficient (Wildman–Crippen LogP) is 3.60. The van der Waals surface area contributed by atoms with Gasteiger partial charge in [-0.1, -0.05) is 25.0 Å². The van der Waals surface area contributed by atoms with E-state index < -0.39 is 0 Å². The molecule has 0 saturated heterocycles. The summed E-state index contributed by atoms with van der Waals surface area (Å²) in [6.07, 6.45) is 4.23. The summed E-state index contributed by atoms with van der Waals surface area (Å²) in [5, 5.41) is 3.15. The van der Waals surface area contributed by atoms with Gasteiger partial charge in [0.15, 0.2) is 17.1 Å². The van der Waals surface area contributed by atoms with Gasteiger partial charge in [0, 0.05) is 12.1 Å². The van der Waals surface area contributed by atoms with E-state index in [0.717, 1.165) is 36.9 Å². The van der Waals surface area contributed by atoms with Crippen LogP contribution >= 0.6 is 0 Å². The Kier molecular flexibility index (Phi) is 4.38. The number of nitrogens with one attached hydrogen (secondary N) is 1. The topological polar surface area (TPSA) is 104 Å². The highest BCUT2D eigenvalue weighted by atomic mass is 16.6. The lowest BCUT2D eigenvalue weighted by Crippen LogP contribution is -2.33. The van der Waals surface area contributed by atoms with Gasteiger partial charge in [-0.25, -0.2) is 9.97 Å². The van der Waals surface area contributed by atoms with Crippen molar-refractivity contribution in [3.8, 4) is 17.2 Å². The van der Waals surface area contributed by atoms with Crippen LogP contribution in [0.2, 0.25) is 0 Å². The van der Waals surface area contributed by atoms with E-state index in [0.29, 0.717) is 52.8 Å². The fraction of sp³-hybridized carbons (Fsp3) is 0.292. The molecule has 1 aliphatic carbocycles. The lowest BCUT2D eigenvalue weighted by molar-refractivity contribution is 0.0940. The van der Waals surface area contributed by atoms with Gasteiger partial charge in [-0.05, 0) is 37.1 Å². The Labute approximate surface area is 184 Å². The smallest absolute Gasteiger partial charge is 0.257 e. The van der Waals surface area contributed by atoms with Gasteiger partial charge in [-0.2, -0.15) is 0 Å². The lowest BCUT2D eigenvalue weighted by Gasteiger charge is -2.19. The van der Waals surface area contributed by atoms with Crippen molar-refractivity contribution >= 4 is 33.9 Å². The molecule has 162 valence electrons. The normalized spacial score (nSPS) is 16.0. The maximum atomic E-state index is 13.3. The molecule has 1 amide bonds. The molecule has 32 heavy (non-hydrogen) atoms. The zero-order valence-corrected chi connectivity index (χ0v) is 17.5. The van der Waals surface area contributed by atoms with E-state index in [2.05, 4.69) is 5.32 Å². The molecule has 2 aromatic carbocycles. The van der Waals surface area contributed by atoms with Gasteiger partial charge in [0.2, 0.25) is 0 Å². The monoisotopic (exact) mass is 429 g/mol. The van der Waals surface area contributed by atoms with Crippen LogP contribution in [0.25, 0.3) is 27.9 Å². The number of carbonyl (C=O) groups is 1. The van der Waals surface area contributed by atoms with Crippen molar-refractivity contribution in [2.75, 3.05) is 18.9 Å². The molecule has 8 heteroatoms. The number of carbonyl (C=O) groups excluding carboxylic acids is 1. The fourth-order valence-electron chi connectivity index (χ4n) is 4.65. The zero-order valence-electron chi connectivity index (χ0n) is 17.5. The third kappa shape index (κ3) is 3.02. The first kappa shape index (κ1) is 18.9. The molecule has 2 aromatic heterocycles. The summed E-state index contributed by atoms with van der Waals surface area (Å²) in [5.41, 5.74) is 10.2. The van der Waals surface area contributed by atoms with Gasteiger partial charge in [-0.15, -0.1) is 0 Å². The number of anilines is 1. The van der Waals surface area contributed by atoms with E-state index in [1.807, 2.05) is 42.5 Å². The molecule has 1 fully saturated rings. The first-order chi connectivity index (χ1) is 15.7. The van der Waals surface area contributed by atoms with E-state index in [9.17, 15) is 4.79 Å². The van der Waals surface area contributed by atoms with Crippen molar-refractivity contribution < 1.29 is 14.3 Å². The second-order valence-electron chi connectivity index (χ2n) is 8.26. The first-order valence-corrected chi connectivity index (χ1v) is 11.0. The summed E-state index contributed by atoms with van der Waals surface area (Å²) in [4.78, 5) is 22.9. The average molecular weight is 429 g/mol. The molecule has 0 bridgehead atoms. The van der Waals surface area contributed by atoms with Crippen LogP contribution in [0, 0.1) is 0 Å². The number of nitrogens with two attached hydrogens (primary N) is 1. The highest BCUT2D eigenvalue weighted by Crippen LogP contribution is 2.36. The van der Waals surface area contributed by atoms with Crippen molar-refractivity contribution in [1.82, 2.24) is 19.9 Å². The highest BCUT2D eigenvalue weighted by molar-refractivity contribution is 6.11. The summed E-state index contributed by atoms with van der Waals surface area (Å²) >= 11 is 0. The minimum Gasteiger partial charge on any atom is -0.486 e. The third-order valence-corrected chi connectivity index (χ3v) is 6.20. The van der Waals surface area contributed by atoms with Crippen LogP contribution in [0.4, 0.5) is 5.82 Å². The number of aromatic nitrogens is 3. The van der Waals surface area contributed by atoms with Crippen molar-refractivity contribution in [2.24, 2.45) is 0 Å². The number of para-hydroxylation sites is 2. The van der Waals surface area contributed by atoms with Gasteiger partial charge in [0.1, 0.15) is 30.1 Å². The van der Waals surface area contributed by atoms with E-state index >= 15 is 0 Å². The van der Waals surface area contributed by atoms with Crippen LogP contribution in [0.3, 0.4) is 0 Å². The summed E-state index contributed by atoms with van der Waals surface area (Å²) in [7, 11) is 0. The largest absolute Gasteiger partial charge is 0.486 e. The second kappa shape index (κ2) is 7.40. The Balaban J connectivity index is 1.56. The Bertz CT molecular complexity index is 1360. The number of nitrogens with zero attached hydrogens (tertiary/aromatic N) is 3. The van der Waals surface area contributed by atoms with Gasteiger partial charge >= 0.3 is 0 Å². The van der Waals surface area contributed by atoms with Crippen LogP contribution in [-0.4, -0.2) is 39.7 Å². The van der Waals surface area contributed by atoms with Crippen molar-refractivity contribution in [1.29, 1.82) is 0 Å². The zero-order chi connectivity index (χ0) is 21.7. The van der Waals surface area contributed by atoms with Crippen molar-refractivity contribution in [3.63, 3.8) is 0 Å². The number of amides is 1. The maximum absolute atomic E-state index is 13.3. The number of ether oxygens (including phenoxy) is 2. The minimum absolute atomic E-state index is 0.169. The van der Waals surface area contributed by atoms with Crippen LogP contribution in [0.5, 0.6) is 11.5 Å². The molecule has 3 N–H and O–H groups in total. The maximum Gasteiger partial charge on any atom is 0.257 e. The Morgan fingerprint density at radius 2 is 1.72 bits per heavy atom. The van der Waals surface area contributed by atoms with Crippen LogP contribution in [-0.2, 0) is 0 Å². The van der Waals surface area contributed by atoms with Gasteiger partial charge in [0.05, 0.1) is 16.7 Å². The molecule has 0 radical (unpaired) electrons. The standard InChI is InChI=1S/C24H23N5O3/c25-22-20(24(30)26-14-5-1-2-6-14)21-23(28-17-8-4-3-7-16(17)27-21)29(22)15-9-10-18-19(13-15)32-12-11-31-18/h3-4,7-10,13-14H,1-2,5-6,11-12,25H2,(H,26,30). The van der Waals surface area contributed by atoms with Crippen LogP contribution in [0.15, 0.2) is 42.5 Å². The quantitative estimate of drug-likeness (QED) is 0.516. The second-order valence-corrected chi connectivity index (χ2v) is 8.26. The van der Waals surface area contributed by atoms with Crippen LogP contribution < -0.4 is 20.5 Å². The molecule has 8 nitrogen and oxygen atoms in total. The van der Waals surface area contributed by atoms with Gasteiger partial charge in [0.25, 0.3) is 5.91 Å². The summed E-state index contributed by atoms with van der Waals surface area (Å²) in [5.74, 6) is 1.43. The molecule has 1 aliphatic heterocycles. The van der Waals surface area contributed by atoms with E-state index in [4.69, 9.17) is 25.2 Å². The van der Waals surface area contributed by atoms with E-state index in [-0.39, 0.29) is 11.9 Å². The summed E-state index contributed by atoms with van der Waals surface area (Å²) in [6.45, 7) is 1.00. The lowest BCUT2D eigenvalue weighted by atomic mass is 10.2. The number of rotatable bonds is 3. The molecule has 4 aromatic rings. The molecular formula is C24H23N5O3. The van der Waals surface area contributed by atoms with Crippen LogP contribution in [0.1, 0.15) is 36.0 Å². The molecule has 2 aliphatic rings. The molecular weight excluding hydrogens is 406 g/mol. The molecule has 3 heterocycles. The van der Waals surface area contributed by atoms with Gasteiger partial charge in [-0.3, -0.25) is 9.36 Å². The predicted molar refractivity (Wildman–Crippen MR) is 121 cm³/mol. The summed E-state index contributed by atoms with van der Waals surface area (Å²) < 4.78 is 13.2. The van der Waals surface area contributed by atoms with E-state index in [1.54, 1.807) is 4.57 Å². The van der Waals surface area contributed by atoms with Crippen molar-refractivity contribution in [2.45, 2.75) is 31.7 Å². The first-order valence-electron chi connectivity index (χ1n) is 11.0. The molecule has 0 atom stereocenters. The third-order valence-electron chi connectivity index (χ3n) is 6.20. The van der Waals surface area contributed by atoms with Crippen molar-refractivity contribution in [3.05, 3.63) is 48.0 Å². The minimum atomic E-state index is -0.208. The van der Waals surface area contributed by atoms with Gasteiger partial charge < -0.3 is 20.5 Å². The Morgan fingerprint density at radius 3 is 2.50 bits per heavy atom. The number of hydrogen-bond acceptors (Lipinski definition) is 6.